The smallest absolute Gasteiger partial charge is 0.133 e. The molecule has 0 aliphatic carbocycles. The first-order chi connectivity index (χ1) is 8.97. The molecule has 1 heterocycles. The predicted octanol–water partition coefficient (Wildman–Crippen LogP) is 4.06. The number of aromatic nitrogens is 1. The summed E-state index contributed by atoms with van der Waals surface area (Å²) in [5.74, 6) is -0.197. The molecule has 1 aromatic heterocycles. The van der Waals surface area contributed by atoms with E-state index in [2.05, 4.69) is 24.1 Å². The molecule has 0 aliphatic heterocycles. The highest BCUT2D eigenvalue weighted by atomic mass is 32.1. The zero-order valence-corrected chi connectivity index (χ0v) is 12.6. The molecule has 0 amide bonds. The van der Waals surface area contributed by atoms with Gasteiger partial charge in [0.05, 0.1) is 5.69 Å². The molecule has 2 nitrogen and oxygen atoms in total. The minimum atomic E-state index is -0.197. The van der Waals surface area contributed by atoms with E-state index >= 15 is 0 Å². The van der Waals surface area contributed by atoms with E-state index in [9.17, 15) is 4.39 Å². The normalized spacial score (nSPS) is 11.3. The van der Waals surface area contributed by atoms with Crippen LogP contribution in [-0.4, -0.2) is 11.0 Å². The van der Waals surface area contributed by atoms with Crippen molar-refractivity contribution in [3.8, 4) is 10.6 Å². The van der Waals surface area contributed by atoms with Crippen LogP contribution in [0.1, 0.15) is 30.0 Å². The molecule has 0 fully saturated rings. The molecule has 2 rings (SSSR count). The molecule has 0 atom stereocenters. The minimum absolute atomic E-state index is 0.197. The lowest BCUT2D eigenvalue weighted by atomic mass is 10.1. The zero-order chi connectivity index (χ0) is 14.0. The van der Waals surface area contributed by atoms with Gasteiger partial charge in [0, 0.05) is 23.0 Å². The first-order valence-electron chi connectivity index (χ1n) is 6.43. The summed E-state index contributed by atoms with van der Waals surface area (Å²) in [5.41, 5.74) is 2.50. The lowest BCUT2D eigenvalue weighted by molar-refractivity contribution is 0.591. The summed E-state index contributed by atoms with van der Waals surface area (Å²) in [5, 5.41) is 4.13. The third-order valence-electron chi connectivity index (χ3n) is 2.92. The van der Waals surface area contributed by atoms with Crippen LogP contribution in [0.3, 0.4) is 0 Å². The summed E-state index contributed by atoms with van der Waals surface area (Å²) in [6.45, 7) is 8.86. The van der Waals surface area contributed by atoms with Gasteiger partial charge in [-0.25, -0.2) is 9.37 Å². The van der Waals surface area contributed by atoms with Crippen LogP contribution in [0.25, 0.3) is 10.6 Å². The van der Waals surface area contributed by atoms with Crippen molar-refractivity contribution in [1.29, 1.82) is 0 Å². The monoisotopic (exact) mass is 278 g/mol. The number of benzene rings is 1. The van der Waals surface area contributed by atoms with E-state index in [0.717, 1.165) is 22.8 Å². The van der Waals surface area contributed by atoms with E-state index in [0.29, 0.717) is 11.6 Å². The number of hydrogen-bond donors (Lipinski definition) is 1. The first kappa shape index (κ1) is 14.2. The molecule has 0 spiro atoms. The average Bonchev–Trinajstić information content (AvgIpc) is 2.67. The Bertz CT molecular complexity index is 576. The van der Waals surface area contributed by atoms with Crippen molar-refractivity contribution in [2.45, 2.75) is 40.3 Å². The molecule has 0 saturated carbocycles. The van der Waals surface area contributed by atoms with E-state index in [4.69, 9.17) is 0 Å². The molecule has 0 unspecified atom stereocenters. The Morgan fingerprint density at radius 1 is 1.32 bits per heavy atom. The number of aryl methyl sites for hydroxylation is 2. The van der Waals surface area contributed by atoms with Gasteiger partial charge in [0.15, 0.2) is 0 Å². The molecule has 102 valence electrons. The van der Waals surface area contributed by atoms with Gasteiger partial charge in [-0.15, -0.1) is 11.3 Å². The number of hydrogen-bond acceptors (Lipinski definition) is 3. The zero-order valence-electron chi connectivity index (χ0n) is 11.7. The van der Waals surface area contributed by atoms with E-state index in [1.54, 1.807) is 17.4 Å². The van der Waals surface area contributed by atoms with E-state index in [1.807, 2.05) is 26.0 Å². The summed E-state index contributed by atoms with van der Waals surface area (Å²) in [7, 11) is 0. The fourth-order valence-electron chi connectivity index (χ4n) is 1.80. The van der Waals surface area contributed by atoms with Crippen LogP contribution in [0.5, 0.6) is 0 Å². The van der Waals surface area contributed by atoms with Crippen molar-refractivity contribution in [3.63, 3.8) is 0 Å². The number of nitrogens with zero attached hydrogens (tertiary/aromatic N) is 1. The van der Waals surface area contributed by atoms with Gasteiger partial charge in [-0.1, -0.05) is 19.9 Å². The summed E-state index contributed by atoms with van der Waals surface area (Å²) in [4.78, 5) is 5.66. The summed E-state index contributed by atoms with van der Waals surface area (Å²) >= 11 is 1.56. The Morgan fingerprint density at radius 2 is 2.05 bits per heavy atom. The maximum Gasteiger partial charge on any atom is 0.133 e. The molecule has 19 heavy (non-hydrogen) atoms. The van der Waals surface area contributed by atoms with Gasteiger partial charge in [-0.05, 0) is 31.5 Å². The van der Waals surface area contributed by atoms with Gasteiger partial charge in [-0.2, -0.15) is 0 Å². The fourth-order valence-corrected chi connectivity index (χ4v) is 2.84. The van der Waals surface area contributed by atoms with Gasteiger partial charge in [-0.3, -0.25) is 0 Å². The van der Waals surface area contributed by atoms with Crippen molar-refractivity contribution in [2.75, 3.05) is 0 Å². The van der Waals surface area contributed by atoms with Crippen LogP contribution in [0.15, 0.2) is 18.2 Å². The van der Waals surface area contributed by atoms with Gasteiger partial charge in [0.25, 0.3) is 0 Å². The summed E-state index contributed by atoms with van der Waals surface area (Å²) in [6.07, 6.45) is 0. The van der Waals surface area contributed by atoms with Crippen LogP contribution >= 0.6 is 11.3 Å². The predicted molar refractivity (Wildman–Crippen MR) is 79.0 cm³/mol. The summed E-state index contributed by atoms with van der Waals surface area (Å²) < 4.78 is 13.9. The number of thiazole rings is 1. The van der Waals surface area contributed by atoms with Crippen molar-refractivity contribution in [3.05, 3.63) is 40.2 Å². The van der Waals surface area contributed by atoms with Crippen molar-refractivity contribution < 1.29 is 4.39 Å². The molecule has 0 aliphatic rings. The molecule has 4 heteroatoms. The number of halogens is 1. The van der Waals surface area contributed by atoms with Crippen LogP contribution in [-0.2, 0) is 6.54 Å². The van der Waals surface area contributed by atoms with Crippen LogP contribution < -0.4 is 5.32 Å². The van der Waals surface area contributed by atoms with Crippen molar-refractivity contribution in [2.24, 2.45) is 0 Å². The quantitative estimate of drug-likeness (QED) is 0.912. The van der Waals surface area contributed by atoms with Gasteiger partial charge < -0.3 is 5.32 Å². The second-order valence-corrected chi connectivity index (χ2v) is 6.13. The average molecular weight is 278 g/mol. The second-order valence-electron chi connectivity index (χ2n) is 5.05. The van der Waals surface area contributed by atoms with Gasteiger partial charge in [0.1, 0.15) is 10.8 Å². The van der Waals surface area contributed by atoms with E-state index < -0.39 is 0 Å². The Kier molecular flexibility index (Phi) is 4.32. The lowest BCUT2D eigenvalue weighted by Crippen LogP contribution is -2.21. The largest absolute Gasteiger partial charge is 0.310 e. The van der Waals surface area contributed by atoms with Crippen LogP contribution in [0.2, 0.25) is 0 Å². The number of nitrogens with one attached hydrogen (secondary N) is 1. The van der Waals surface area contributed by atoms with E-state index in [-0.39, 0.29) is 5.82 Å². The topological polar surface area (TPSA) is 24.9 Å². The Morgan fingerprint density at radius 3 is 2.68 bits per heavy atom. The maximum absolute atomic E-state index is 13.9. The second kappa shape index (κ2) is 5.80. The molecule has 0 bridgehead atoms. The van der Waals surface area contributed by atoms with Crippen molar-refractivity contribution >= 4 is 11.3 Å². The molecule has 1 N–H and O–H groups in total. The van der Waals surface area contributed by atoms with Crippen LogP contribution in [0.4, 0.5) is 4.39 Å². The van der Waals surface area contributed by atoms with E-state index in [1.165, 1.54) is 4.88 Å². The van der Waals surface area contributed by atoms with Crippen molar-refractivity contribution in [1.82, 2.24) is 10.3 Å². The molecular formula is C15H19FN2S. The van der Waals surface area contributed by atoms with Gasteiger partial charge in [0.2, 0.25) is 0 Å². The molecule has 2 aromatic rings. The molecule has 0 saturated heterocycles. The SMILES string of the molecule is Cc1ccc(-c2nc(C)c(CNC(C)C)s2)c(F)c1. The van der Waals surface area contributed by atoms with Crippen LogP contribution in [0, 0.1) is 19.7 Å². The third-order valence-corrected chi connectivity index (χ3v) is 4.11. The maximum atomic E-state index is 13.9. The highest BCUT2D eigenvalue weighted by Crippen LogP contribution is 2.30. The molecule has 0 radical (unpaired) electrons. The Labute approximate surface area is 117 Å². The minimum Gasteiger partial charge on any atom is -0.310 e. The molecule has 1 aromatic carbocycles. The third kappa shape index (κ3) is 3.39. The fraction of sp³-hybridized carbons (Fsp3) is 0.400. The highest BCUT2D eigenvalue weighted by Gasteiger charge is 2.13. The first-order valence-corrected chi connectivity index (χ1v) is 7.25. The Balaban J connectivity index is 2.28. The molecular weight excluding hydrogens is 259 g/mol. The standard InChI is InChI=1S/C15H19FN2S/c1-9(2)17-8-14-11(4)18-15(19-14)12-6-5-10(3)7-13(12)16/h5-7,9,17H,8H2,1-4H3. The van der Waals surface area contributed by atoms with Gasteiger partial charge >= 0.3 is 0 Å². The number of rotatable bonds is 4. The summed E-state index contributed by atoms with van der Waals surface area (Å²) in [6, 6.07) is 5.71. The highest BCUT2D eigenvalue weighted by molar-refractivity contribution is 7.15. The Hall–Kier alpha value is -1.26. The lowest BCUT2D eigenvalue weighted by Gasteiger charge is -2.05.